The van der Waals surface area contributed by atoms with Gasteiger partial charge >= 0.3 is 18.0 Å². The van der Waals surface area contributed by atoms with Gasteiger partial charge in [0.2, 0.25) is 0 Å². The van der Waals surface area contributed by atoms with Crippen molar-refractivity contribution in [3.8, 4) is 0 Å². The minimum Gasteiger partial charge on any atom is -0.464 e. The molecule has 10 nitrogen and oxygen atoms in total. The molecule has 2 amide bonds. The summed E-state index contributed by atoms with van der Waals surface area (Å²) in [7, 11) is 1.68. The number of urea groups is 1. The molecule has 0 aromatic carbocycles. The third kappa shape index (κ3) is 19.7. The molecule has 254 valence electrons. The average molecular weight is 1060 g/mol. The van der Waals surface area contributed by atoms with Crippen LogP contribution in [0, 0.1) is 0 Å². The van der Waals surface area contributed by atoms with Gasteiger partial charge in [-0.1, -0.05) is 109 Å². The predicted octanol–water partition coefficient (Wildman–Crippen LogP) is 7.65. The molecular formula is C28H47BrI3N5O5S2. The third-order valence-electron chi connectivity index (χ3n) is 5.44. The number of ether oxygens (including phenoxy) is 2. The van der Waals surface area contributed by atoms with Gasteiger partial charge in [0.25, 0.3) is 0 Å². The molecule has 0 spiro atoms. The lowest BCUT2D eigenvalue weighted by molar-refractivity contribution is -0.140. The van der Waals surface area contributed by atoms with Gasteiger partial charge in [-0.25, -0.2) is 19.6 Å². The van der Waals surface area contributed by atoms with Gasteiger partial charge in [-0.15, -0.1) is 39.7 Å². The summed E-state index contributed by atoms with van der Waals surface area (Å²) in [6.07, 6.45) is 2.27. The fourth-order valence-electron chi connectivity index (χ4n) is 3.12. The van der Waals surface area contributed by atoms with Crippen LogP contribution in [0.1, 0.15) is 87.6 Å². The molecule has 0 unspecified atom stereocenters. The summed E-state index contributed by atoms with van der Waals surface area (Å²) < 4.78 is 11.7. The van der Waals surface area contributed by atoms with E-state index in [1.165, 1.54) is 22.5 Å². The second-order valence-corrected chi connectivity index (χ2v) is 17.5. The van der Waals surface area contributed by atoms with Crippen LogP contribution in [0.3, 0.4) is 0 Å². The predicted molar refractivity (Wildman–Crippen MR) is 212 cm³/mol. The molecule has 2 fully saturated rings. The van der Waals surface area contributed by atoms with E-state index in [2.05, 4.69) is 135 Å². The number of nitrogens with two attached hydrogens (primary N) is 1. The second kappa shape index (κ2) is 27.1. The van der Waals surface area contributed by atoms with E-state index in [9.17, 15) is 14.4 Å². The number of carbonyl (C=O) groups is 3. The molecule has 4 heterocycles. The Balaban J connectivity index is 0. The highest BCUT2D eigenvalue weighted by Crippen LogP contribution is 2.20. The molecule has 2 saturated heterocycles. The number of carbonyl (C=O) groups excluding carboxylic acids is 3. The van der Waals surface area contributed by atoms with Crippen LogP contribution < -0.4 is 11.1 Å². The van der Waals surface area contributed by atoms with Crippen LogP contribution in [-0.2, 0) is 32.0 Å². The zero-order chi connectivity index (χ0) is 32.9. The van der Waals surface area contributed by atoms with E-state index < -0.39 is 6.04 Å². The number of nitrogens with zero attached hydrogens (tertiary/aromatic N) is 3. The van der Waals surface area contributed by atoms with Crippen LogP contribution >= 0.6 is 107 Å². The Hall–Kier alpha value is 0.1000. The number of aromatic nitrogens is 2. The second-order valence-electron chi connectivity index (χ2n) is 9.76. The SMILES string of the molecule is Br.CC(C)c1nc(CN(C)C(=O)N[C@H]2CCOC2=O)cs1.CCI.CCc1csc(C(C)C)n1.ICI.N[C@H]1CCOC1=O. The van der Waals surface area contributed by atoms with Crippen molar-refractivity contribution in [3.05, 3.63) is 32.2 Å². The van der Waals surface area contributed by atoms with Gasteiger partial charge in [0.1, 0.15) is 12.1 Å². The fraction of sp³-hybridized carbons (Fsp3) is 0.679. The summed E-state index contributed by atoms with van der Waals surface area (Å²) in [4.78, 5) is 44.0. The molecule has 2 aliphatic rings. The monoisotopic (exact) mass is 1060 g/mol. The molecule has 2 aromatic rings. The van der Waals surface area contributed by atoms with Crippen LogP contribution in [0.4, 0.5) is 4.79 Å². The number of rotatable bonds is 6. The number of halogens is 4. The van der Waals surface area contributed by atoms with Crippen molar-refractivity contribution in [3.63, 3.8) is 0 Å². The standard InChI is InChI=1S/C13H19N3O3S.C8H13NS.C4H7NO2.C2H5I.CH2I2.BrH/c1-8(2)11-14-9(7-20-11)6-16(3)13(18)15-10-4-5-19-12(10)17;1-4-7-5-10-8(9-7)6(2)3;5-3-1-2-7-4(3)6;1-2-3;2-1-3;/h7-8,10H,4-6H2,1-3H3,(H,15,18);5-6H,4H2,1-3H3;3H,1-2,5H2;2H2,1H3;1H2;1H/t10-;;3-;;;/m0.0.../s1. The van der Waals surface area contributed by atoms with Crippen LogP contribution in [0.15, 0.2) is 10.8 Å². The Morgan fingerprint density at radius 3 is 1.75 bits per heavy atom. The largest absolute Gasteiger partial charge is 0.464 e. The number of hydrogen-bond acceptors (Lipinski definition) is 10. The third-order valence-corrected chi connectivity index (χ3v) is 7.83. The van der Waals surface area contributed by atoms with Crippen LogP contribution in [-0.4, -0.2) is 72.0 Å². The average Bonchev–Trinajstić information content (AvgIpc) is 3.76. The number of nitrogens with one attached hydrogen (secondary N) is 1. The molecule has 0 aliphatic carbocycles. The van der Waals surface area contributed by atoms with Crippen molar-refractivity contribution in [1.29, 1.82) is 0 Å². The first-order valence-corrected chi connectivity index (χ1v) is 20.3. The summed E-state index contributed by atoms with van der Waals surface area (Å²) in [5, 5.41) is 9.10. The number of aryl methyl sites for hydroxylation is 1. The number of esters is 2. The minimum absolute atomic E-state index is 0. The van der Waals surface area contributed by atoms with E-state index in [1.54, 1.807) is 29.7 Å². The Bertz CT molecular complexity index is 1080. The Morgan fingerprint density at radius 2 is 1.43 bits per heavy atom. The van der Waals surface area contributed by atoms with Crippen LogP contribution in [0.5, 0.6) is 0 Å². The Morgan fingerprint density at radius 1 is 0.977 bits per heavy atom. The number of alkyl halides is 3. The lowest BCUT2D eigenvalue weighted by Gasteiger charge is -2.18. The zero-order valence-electron chi connectivity index (χ0n) is 26.4. The lowest BCUT2D eigenvalue weighted by Crippen LogP contribution is -2.44. The van der Waals surface area contributed by atoms with Gasteiger partial charge in [0.15, 0.2) is 0 Å². The van der Waals surface area contributed by atoms with Gasteiger partial charge in [-0.3, -0.25) is 4.79 Å². The van der Waals surface area contributed by atoms with Gasteiger partial charge in [-0.2, -0.15) is 0 Å². The highest BCUT2D eigenvalue weighted by atomic mass is 127. The number of hydrogen-bond donors (Lipinski definition) is 2. The molecule has 2 atom stereocenters. The molecule has 44 heavy (non-hydrogen) atoms. The van der Waals surface area contributed by atoms with Crippen molar-refractivity contribution >= 4 is 125 Å². The Labute approximate surface area is 322 Å². The summed E-state index contributed by atoms with van der Waals surface area (Å²) in [6.45, 7) is 14.1. The molecule has 2 aliphatic heterocycles. The highest BCUT2D eigenvalue weighted by Gasteiger charge is 2.29. The first kappa shape index (κ1) is 46.2. The summed E-state index contributed by atoms with van der Waals surface area (Å²) in [5.41, 5.74) is 7.30. The lowest BCUT2D eigenvalue weighted by atomic mass is 10.2. The van der Waals surface area contributed by atoms with E-state index in [0.717, 1.165) is 17.1 Å². The molecule has 0 radical (unpaired) electrons. The topological polar surface area (TPSA) is 137 Å². The van der Waals surface area contributed by atoms with E-state index >= 15 is 0 Å². The van der Waals surface area contributed by atoms with Gasteiger partial charge < -0.3 is 25.4 Å². The molecule has 3 N–H and O–H groups in total. The quantitative estimate of drug-likeness (QED) is 0.171. The zero-order valence-corrected chi connectivity index (χ0v) is 36.3. The fourth-order valence-corrected chi connectivity index (χ4v) is 4.87. The first-order valence-electron chi connectivity index (χ1n) is 14.0. The molecule has 4 rings (SSSR count). The van der Waals surface area contributed by atoms with Gasteiger partial charge in [0, 0.05) is 42.5 Å². The van der Waals surface area contributed by atoms with Gasteiger partial charge in [-0.05, 0) is 10.8 Å². The van der Waals surface area contributed by atoms with E-state index in [1.807, 2.05) is 5.38 Å². The summed E-state index contributed by atoms with van der Waals surface area (Å²) in [6, 6.07) is -1.15. The van der Waals surface area contributed by atoms with E-state index in [-0.39, 0.29) is 41.0 Å². The Kier molecular flexibility index (Phi) is 28.5. The first-order chi connectivity index (χ1) is 20.3. The normalized spacial score (nSPS) is 16.4. The van der Waals surface area contributed by atoms with Crippen molar-refractivity contribution in [1.82, 2.24) is 20.2 Å². The van der Waals surface area contributed by atoms with Crippen molar-refractivity contribution in [2.75, 3.05) is 27.1 Å². The van der Waals surface area contributed by atoms with Crippen LogP contribution in [0.25, 0.3) is 0 Å². The summed E-state index contributed by atoms with van der Waals surface area (Å²) >= 11 is 10.2. The van der Waals surface area contributed by atoms with E-state index in [4.69, 9.17) is 10.5 Å². The van der Waals surface area contributed by atoms with E-state index in [0.29, 0.717) is 44.4 Å². The van der Waals surface area contributed by atoms with Crippen molar-refractivity contribution in [2.24, 2.45) is 5.73 Å². The molecule has 0 bridgehead atoms. The van der Waals surface area contributed by atoms with Crippen molar-refractivity contribution < 1.29 is 23.9 Å². The molecule has 0 saturated carbocycles. The summed E-state index contributed by atoms with van der Waals surface area (Å²) in [5.74, 6) is 0.356. The van der Waals surface area contributed by atoms with Crippen molar-refractivity contribution in [2.45, 2.75) is 91.3 Å². The maximum atomic E-state index is 12.0. The number of thiazole rings is 2. The van der Waals surface area contributed by atoms with Gasteiger partial charge in [0.05, 0.1) is 43.6 Å². The number of amides is 2. The number of cyclic esters (lactones) is 2. The maximum Gasteiger partial charge on any atom is 0.328 e. The minimum atomic E-state index is -0.522. The van der Waals surface area contributed by atoms with Crippen LogP contribution in [0.2, 0.25) is 0 Å². The molecule has 16 heteroatoms. The maximum absolute atomic E-state index is 12.0. The molecular weight excluding hydrogens is 1010 g/mol. The highest BCUT2D eigenvalue weighted by molar-refractivity contribution is 14.2. The smallest absolute Gasteiger partial charge is 0.328 e. The molecule has 2 aromatic heterocycles.